The van der Waals surface area contributed by atoms with Crippen LogP contribution in [0.3, 0.4) is 0 Å². The highest BCUT2D eigenvalue weighted by Crippen LogP contribution is 2.54. The Bertz CT molecular complexity index is 1010. The predicted octanol–water partition coefficient (Wildman–Crippen LogP) is 5.55. The number of rotatable bonds is 7. The second-order valence-electron chi connectivity index (χ2n) is 11.4. The van der Waals surface area contributed by atoms with E-state index in [0.717, 1.165) is 17.8 Å². The Morgan fingerprint density at radius 2 is 1.08 bits per heavy atom. The van der Waals surface area contributed by atoms with E-state index in [9.17, 15) is 0 Å². The van der Waals surface area contributed by atoms with Gasteiger partial charge in [-0.3, -0.25) is 0 Å². The molecule has 2 aliphatic carbocycles. The molecule has 5 rings (SSSR count). The van der Waals surface area contributed by atoms with Crippen molar-refractivity contribution in [2.24, 2.45) is 17.8 Å². The van der Waals surface area contributed by atoms with Crippen LogP contribution in [0.1, 0.15) is 82.6 Å². The molecule has 3 aromatic carbocycles. The van der Waals surface area contributed by atoms with Gasteiger partial charge in [-0.15, -0.1) is 0 Å². The molecule has 2 fully saturated rings. The van der Waals surface area contributed by atoms with Crippen LogP contribution in [0.2, 0.25) is 0 Å². The van der Waals surface area contributed by atoms with E-state index in [1.165, 1.54) is 74.8 Å². The SMILES string of the molecule is CCCC1CCC(C2CCC(c3ccccc3[P+](C)(c3ccccc3)c3ccccc3)CC2)CC1.P.[I-]. The summed E-state index contributed by atoms with van der Waals surface area (Å²) >= 11 is 0. The summed E-state index contributed by atoms with van der Waals surface area (Å²) in [6, 6.07) is 32.2. The minimum atomic E-state index is -1.69. The van der Waals surface area contributed by atoms with Gasteiger partial charge in [-0.25, -0.2) is 0 Å². The minimum absolute atomic E-state index is 0. The van der Waals surface area contributed by atoms with Crippen LogP contribution in [-0.2, 0) is 0 Å². The van der Waals surface area contributed by atoms with Gasteiger partial charge in [0, 0.05) is 0 Å². The van der Waals surface area contributed by atoms with E-state index < -0.39 is 7.26 Å². The highest BCUT2D eigenvalue weighted by Gasteiger charge is 2.43. The first-order chi connectivity index (χ1) is 17.2. The van der Waals surface area contributed by atoms with Gasteiger partial charge in [-0.05, 0) is 98.1 Å². The molecule has 2 aliphatic rings. The Morgan fingerprint density at radius 3 is 1.59 bits per heavy atom. The Balaban J connectivity index is 0.00000190. The smallest absolute Gasteiger partial charge is 0.109 e. The fraction of sp³-hybridized carbons (Fsp3) is 0.471. The van der Waals surface area contributed by atoms with Gasteiger partial charge in [0.1, 0.15) is 23.2 Å². The first-order valence-corrected chi connectivity index (χ1v) is 16.5. The molecular formula is C34H47IP2. The summed E-state index contributed by atoms with van der Waals surface area (Å²) in [4.78, 5) is 0. The zero-order chi connectivity index (χ0) is 24.1. The van der Waals surface area contributed by atoms with E-state index in [-0.39, 0.29) is 33.9 Å². The zero-order valence-corrected chi connectivity index (χ0v) is 27.5. The van der Waals surface area contributed by atoms with Crippen LogP contribution >= 0.6 is 17.2 Å². The Hall–Kier alpha value is -0.750. The lowest BCUT2D eigenvalue weighted by Crippen LogP contribution is -3.00. The molecule has 3 aromatic rings. The molecule has 0 N–H and O–H groups in total. The molecule has 0 nitrogen and oxygen atoms in total. The second-order valence-corrected chi connectivity index (χ2v) is 14.9. The van der Waals surface area contributed by atoms with Crippen molar-refractivity contribution < 1.29 is 24.0 Å². The van der Waals surface area contributed by atoms with Crippen LogP contribution in [0.4, 0.5) is 0 Å². The summed E-state index contributed by atoms with van der Waals surface area (Å²) in [6.45, 7) is 4.91. The maximum Gasteiger partial charge on any atom is 0.109 e. The maximum atomic E-state index is 2.55. The third kappa shape index (κ3) is 6.88. The maximum absolute atomic E-state index is 2.55. The van der Waals surface area contributed by atoms with Gasteiger partial charge < -0.3 is 24.0 Å². The van der Waals surface area contributed by atoms with Crippen LogP contribution in [0.5, 0.6) is 0 Å². The van der Waals surface area contributed by atoms with Crippen molar-refractivity contribution >= 4 is 33.1 Å². The van der Waals surface area contributed by atoms with Gasteiger partial charge in [-0.1, -0.05) is 87.2 Å². The van der Waals surface area contributed by atoms with Crippen molar-refractivity contribution in [3.05, 3.63) is 90.5 Å². The number of benzene rings is 3. The summed E-state index contributed by atoms with van der Waals surface area (Å²) < 4.78 is 0. The van der Waals surface area contributed by atoms with Crippen molar-refractivity contribution in [3.63, 3.8) is 0 Å². The molecule has 1 unspecified atom stereocenters. The summed E-state index contributed by atoms with van der Waals surface area (Å²) in [6.07, 6.45) is 14.5. The first kappa shape index (κ1) is 30.8. The van der Waals surface area contributed by atoms with Crippen LogP contribution in [0.25, 0.3) is 0 Å². The van der Waals surface area contributed by atoms with Crippen LogP contribution < -0.4 is 39.9 Å². The quantitative estimate of drug-likeness (QED) is 0.234. The Kier molecular flexibility index (Phi) is 12.1. The lowest BCUT2D eigenvalue weighted by molar-refractivity contribution is -0.00000728. The second kappa shape index (κ2) is 14.6. The normalized spacial score (nSPS) is 23.9. The molecule has 0 amide bonds. The fourth-order valence-corrected chi connectivity index (χ4v) is 10.9. The average molecular weight is 645 g/mol. The largest absolute Gasteiger partial charge is 1.00 e. The molecule has 0 saturated heterocycles. The van der Waals surface area contributed by atoms with E-state index in [0.29, 0.717) is 5.92 Å². The molecule has 0 aliphatic heterocycles. The van der Waals surface area contributed by atoms with Gasteiger partial charge in [0.15, 0.2) is 0 Å². The van der Waals surface area contributed by atoms with E-state index in [4.69, 9.17) is 0 Å². The summed E-state index contributed by atoms with van der Waals surface area (Å²) in [7, 11) is -1.69. The summed E-state index contributed by atoms with van der Waals surface area (Å²) in [5, 5.41) is 4.60. The van der Waals surface area contributed by atoms with Crippen LogP contribution in [0, 0.1) is 17.8 Å². The van der Waals surface area contributed by atoms with Gasteiger partial charge >= 0.3 is 0 Å². The molecule has 0 heterocycles. The van der Waals surface area contributed by atoms with E-state index >= 15 is 0 Å². The molecule has 1 atom stereocenters. The molecule has 2 saturated carbocycles. The number of halogens is 1. The third-order valence-corrected chi connectivity index (χ3v) is 13.5. The van der Waals surface area contributed by atoms with Crippen LogP contribution in [-0.4, -0.2) is 6.66 Å². The van der Waals surface area contributed by atoms with E-state index in [1.54, 1.807) is 10.9 Å². The number of hydrogen-bond acceptors (Lipinski definition) is 0. The molecule has 0 radical (unpaired) electrons. The Morgan fingerprint density at radius 1 is 0.622 bits per heavy atom. The van der Waals surface area contributed by atoms with Crippen molar-refractivity contribution in [2.75, 3.05) is 6.66 Å². The summed E-state index contributed by atoms with van der Waals surface area (Å²) in [5.41, 5.74) is 1.64. The van der Waals surface area contributed by atoms with Crippen molar-refractivity contribution in [3.8, 4) is 0 Å². The molecule has 0 bridgehead atoms. The highest BCUT2D eigenvalue weighted by molar-refractivity contribution is 7.95. The molecule has 37 heavy (non-hydrogen) atoms. The van der Waals surface area contributed by atoms with E-state index in [2.05, 4.69) is 98.5 Å². The van der Waals surface area contributed by atoms with Gasteiger partial charge in [0.05, 0.1) is 6.66 Å². The van der Waals surface area contributed by atoms with Crippen LogP contribution in [0.15, 0.2) is 84.9 Å². The molecule has 0 spiro atoms. The van der Waals surface area contributed by atoms with Gasteiger partial charge in [0.2, 0.25) is 0 Å². The van der Waals surface area contributed by atoms with Gasteiger partial charge in [-0.2, -0.15) is 9.90 Å². The van der Waals surface area contributed by atoms with E-state index in [1.807, 2.05) is 0 Å². The predicted molar refractivity (Wildman–Crippen MR) is 167 cm³/mol. The van der Waals surface area contributed by atoms with Crippen molar-refractivity contribution in [1.82, 2.24) is 0 Å². The monoisotopic (exact) mass is 644 g/mol. The fourth-order valence-electron chi connectivity index (χ4n) is 7.38. The Labute approximate surface area is 247 Å². The highest BCUT2D eigenvalue weighted by atomic mass is 127. The molecular weight excluding hydrogens is 597 g/mol. The zero-order valence-electron chi connectivity index (χ0n) is 23.0. The summed E-state index contributed by atoms with van der Waals surface area (Å²) in [5.74, 6) is 3.72. The number of hydrogen-bond donors (Lipinski definition) is 0. The standard InChI is InChI=1S/C34H44P.HI.H3P/c1-3-12-27-19-21-28(22-20-27)29-23-25-30(26-24-29)33-17-10-11-18-34(33)35(2,31-13-6-4-7-14-31)32-15-8-5-9-16-32;;/h4-11,13-18,27-30H,3,12,19-26H2,1-2H3;1H;1H3/q+1;;/p-1. The molecule has 0 aromatic heterocycles. The lowest BCUT2D eigenvalue weighted by atomic mass is 9.68. The minimum Gasteiger partial charge on any atom is -1.00 e. The van der Waals surface area contributed by atoms with Crippen molar-refractivity contribution in [1.29, 1.82) is 0 Å². The first-order valence-electron chi connectivity index (χ1n) is 14.3. The lowest BCUT2D eigenvalue weighted by Gasteiger charge is -2.38. The third-order valence-electron chi connectivity index (χ3n) is 9.43. The van der Waals surface area contributed by atoms with Crippen molar-refractivity contribution in [2.45, 2.75) is 77.0 Å². The topological polar surface area (TPSA) is 0 Å². The molecule has 3 heteroatoms. The average Bonchev–Trinajstić information content (AvgIpc) is 2.94. The van der Waals surface area contributed by atoms with Gasteiger partial charge in [0.25, 0.3) is 0 Å². The molecule has 200 valence electrons.